The van der Waals surface area contributed by atoms with Gasteiger partial charge in [0.15, 0.2) is 5.69 Å². The number of hydrogen-bond acceptors (Lipinski definition) is 4. The Labute approximate surface area is 109 Å². The molecule has 0 amide bonds. The van der Waals surface area contributed by atoms with Gasteiger partial charge in [-0.05, 0) is 25.1 Å². The highest BCUT2D eigenvalue weighted by molar-refractivity contribution is 5.71. The third-order valence-electron chi connectivity index (χ3n) is 2.56. The van der Waals surface area contributed by atoms with Crippen LogP contribution in [0.1, 0.15) is 6.92 Å². The number of nitrogens with one attached hydrogen (secondary N) is 1. The molecule has 0 aliphatic rings. The van der Waals surface area contributed by atoms with Crippen molar-refractivity contribution in [2.45, 2.75) is 6.92 Å². The van der Waals surface area contributed by atoms with Crippen LogP contribution in [0.15, 0.2) is 36.4 Å². The van der Waals surface area contributed by atoms with Gasteiger partial charge in [0.25, 0.3) is 5.69 Å². The van der Waals surface area contributed by atoms with Crippen LogP contribution in [-0.2, 0) is 0 Å². The van der Waals surface area contributed by atoms with Gasteiger partial charge in [-0.1, -0.05) is 12.1 Å². The monoisotopic (exact) mass is 261 g/mol. The van der Waals surface area contributed by atoms with Crippen LogP contribution in [0.4, 0.5) is 15.9 Å². The molecule has 2 rings (SSSR count). The molecule has 0 unspecified atom stereocenters. The zero-order chi connectivity index (χ0) is 13.8. The fraction of sp³-hybridized carbons (Fsp3) is 0.154. The molecule has 1 N–H and O–H groups in total. The predicted octanol–water partition coefficient (Wildman–Crippen LogP) is 3.23. The molecule has 0 atom stereocenters. The van der Waals surface area contributed by atoms with Gasteiger partial charge in [0.05, 0.1) is 4.92 Å². The van der Waals surface area contributed by atoms with Gasteiger partial charge in [-0.15, -0.1) is 0 Å². The second-order valence-corrected chi connectivity index (χ2v) is 3.83. The summed E-state index contributed by atoms with van der Waals surface area (Å²) in [4.78, 5) is 14.6. The number of aromatic nitrogens is 1. The minimum atomic E-state index is -0.565. The summed E-state index contributed by atoms with van der Waals surface area (Å²) in [6.45, 7) is 2.51. The zero-order valence-corrected chi connectivity index (χ0v) is 10.3. The average Bonchev–Trinajstić information content (AvgIpc) is 2.39. The van der Waals surface area contributed by atoms with Crippen LogP contribution in [0, 0.1) is 15.9 Å². The van der Waals surface area contributed by atoms with Crippen LogP contribution in [0.25, 0.3) is 11.3 Å². The summed E-state index contributed by atoms with van der Waals surface area (Å²) in [6, 6.07) is 8.70. The van der Waals surface area contributed by atoms with Crippen molar-refractivity contribution in [3.8, 4) is 11.3 Å². The number of nitro groups is 1. The first-order chi connectivity index (χ1) is 9.13. The Balaban J connectivity index is 2.61. The molecule has 6 heteroatoms. The summed E-state index contributed by atoms with van der Waals surface area (Å²) in [5.74, 6) is -0.0573. The standard InChI is InChI=1S/C13H12FN3O2/c1-2-15-12-8-7-11(17(18)19)13(16-12)9-5-3-4-6-10(9)14/h3-8H,2H2,1H3,(H,15,16). The molecule has 0 saturated heterocycles. The minimum absolute atomic E-state index is 0.0292. The quantitative estimate of drug-likeness (QED) is 0.677. The van der Waals surface area contributed by atoms with Gasteiger partial charge in [0.2, 0.25) is 0 Å². The van der Waals surface area contributed by atoms with E-state index >= 15 is 0 Å². The van der Waals surface area contributed by atoms with E-state index in [-0.39, 0.29) is 16.9 Å². The lowest BCUT2D eigenvalue weighted by Crippen LogP contribution is -2.02. The van der Waals surface area contributed by atoms with Crippen LogP contribution < -0.4 is 5.32 Å². The topological polar surface area (TPSA) is 68.1 Å². The fourth-order valence-corrected chi connectivity index (χ4v) is 1.73. The number of rotatable bonds is 4. The van der Waals surface area contributed by atoms with Crippen molar-refractivity contribution in [3.63, 3.8) is 0 Å². The molecular weight excluding hydrogens is 249 g/mol. The largest absolute Gasteiger partial charge is 0.370 e. The summed E-state index contributed by atoms with van der Waals surface area (Å²) < 4.78 is 13.8. The molecule has 98 valence electrons. The summed E-state index contributed by atoms with van der Waals surface area (Å²) in [7, 11) is 0. The van der Waals surface area contributed by atoms with Crippen LogP contribution in [0.3, 0.4) is 0 Å². The molecule has 0 aliphatic carbocycles. The van der Waals surface area contributed by atoms with Crippen LogP contribution in [0.5, 0.6) is 0 Å². The second-order valence-electron chi connectivity index (χ2n) is 3.83. The molecule has 19 heavy (non-hydrogen) atoms. The van der Waals surface area contributed by atoms with Crippen molar-refractivity contribution in [1.29, 1.82) is 0 Å². The Morgan fingerprint density at radius 1 is 1.32 bits per heavy atom. The number of nitrogens with zero attached hydrogens (tertiary/aromatic N) is 2. The maximum Gasteiger partial charge on any atom is 0.295 e. The van der Waals surface area contributed by atoms with Crippen molar-refractivity contribution in [3.05, 3.63) is 52.3 Å². The van der Waals surface area contributed by atoms with Gasteiger partial charge in [-0.2, -0.15) is 0 Å². The Bertz CT molecular complexity index is 617. The van der Waals surface area contributed by atoms with E-state index in [9.17, 15) is 14.5 Å². The van der Waals surface area contributed by atoms with Gasteiger partial charge < -0.3 is 5.32 Å². The maximum absolute atomic E-state index is 13.8. The SMILES string of the molecule is CCNc1ccc([N+](=O)[O-])c(-c2ccccc2F)n1. The van der Waals surface area contributed by atoms with Gasteiger partial charge in [0.1, 0.15) is 11.6 Å². The van der Waals surface area contributed by atoms with Crippen LogP contribution >= 0.6 is 0 Å². The summed E-state index contributed by atoms with van der Waals surface area (Å²) in [6.07, 6.45) is 0. The molecule has 1 heterocycles. The Morgan fingerprint density at radius 3 is 2.68 bits per heavy atom. The Morgan fingerprint density at radius 2 is 2.05 bits per heavy atom. The van der Waals surface area contributed by atoms with Crippen molar-refractivity contribution >= 4 is 11.5 Å². The smallest absolute Gasteiger partial charge is 0.295 e. The van der Waals surface area contributed by atoms with E-state index in [1.165, 1.54) is 30.3 Å². The second kappa shape index (κ2) is 5.43. The highest BCUT2D eigenvalue weighted by atomic mass is 19.1. The van der Waals surface area contributed by atoms with E-state index in [1.54, 1.807) is 6.07 Å². The number of pyridine rings is 1. The lowest BCUT2D eigenvalue weighted by Gasteiger charge is -2.07. The molecule has 0 fully saturated rings. The summed E-state index contributed by atoms with van der Waals surface area (Å²) in [5, 5.41) is 13.9. The lowest BCUT2D eigenvalue weighted by atomic mass is 10.1. The Kier molecular flexibility index (Phi) is 3.70. The van der Waals surface area contributed by atoms with Crippen LogP contribution in [0.2, 0.25) is 0 Å². The van der Waals surface area contributed by atoms with Gasteiger partial charge in [-0.25, -0.2) is 9.37 Å². The van der Waals surface area contributed by atoms with E-state index in [4.69, 9.17) is 0 Å². The number of halogens is 1. The molecule has 0 saturated carbocycles. The molecule has 5 nitrogen and oxygen atoms in total. The van der Waals surface area contributed by atoms with Crippen molar-refractivity contribution in [2.75, 3.05) is 11.9 Å². The normalized spacial score (nSPS) is 10.2. The van der Waals surface area contributed by atoms with E-state index in [1.807, 2.05) is 6.92 Å². The molecule has 0 radical (unpaired) electrons. The molecule has 1 aromatic heterocycles. The summed E-state index contributed by atoms with van der Waals surface area (Å²) >= 11 is 0. The summed E-state index contributed by atoms with van der Waals surface area (Å²) in [5.41, 5.74) is -0.0674. The first kappa shape index (κ1) is 12.9. The first-order valence-corrected chi connectivity index (χ1v) is 5.77. The molecule has 2 aromatic rings. The van der Waals surface area contributed by atoms with Gasteiger partial charge >= 0.3 is 0 Å². The number of benzene rings is 1. The minimum Gasteiger partial charge on any atom is -0.370 e. The molecule has 0 bridgehead atoms. The highest BCUT2D eigenvalue weighted by Crippen LogP contribution is 2.30. The van der Waals surface area contributed by atoms with Gasteiger partial charge in [-0.3, -0.25) is 10.1 Å². The molecule has 1 aromatic carbocycles. The fourth-order valence-electron chi connectivity index (χ4n) is 1.73. The molecular formula is C13H12FN3O2. The first-order valence-electron chi connectivity index (χ1n) is 5.77. The number of hydrogen-bond donors (Lipinski definition) is 1. The highest BCUT2D eigenvalue weighted by Gasteiger charge is 2.20. The predicted molar refractivity (Wildman–Crippen MR) is 70.4 cm³/mol. The maximum atomic E-state index is 13.8. The van der Waals surface area contributed by atoms with Crippen molar-refractivity contribution < 1.29 is 9.31 Å². The van der Waals surface area contributed by atoms with E-state index in [0.717, 1.165) is 0 Å². The van der Waals surface area contributed by atoms with Crippen molar-refractivity contribution in [2.24, 2.45) is 0 Å². The number of anilines is 1. The third-order valence-corrected chi connectivity index (χ3v) is 2.56. The third kappa shape index (κ3) is 2.67. The molecule has 0 spiro atoms. The lowest BCUT2D eigenvalue weighted by molar-refractivity contribution is -0.384. The Hall–Kier alpha value is -2.50. The zero-order valence-electron chi connectivity index (χ0n) is 10.3. The molecule has 0 aliphatic heterocycles. The van der Waals surface area contributed by atoms with Crippen molar-refractivity contribution in [1.82, 2.24) is 4.98 Å². The van der Waals surface area contributed by atoms with Gasteiger partial charge in [0, 0.05) is 18.2 Å². The van der Waals surface area contributed by atoms with E-state index in [2.05, 4.69) is 10.3 Å². The van der Waals surface area contributed by atoms with Crippen LogP contribution in [-0.4, -0.2) is 16.5 Å². The van der Waals surface area contributed by atoms with E-state index in [0.29, 0.717) is 12.4 Å². The van der Waals surface area contributed by atoms with E-state index < -0.39 is 10.7 Å². The average molecular weight is 261 g/mol.